The van der Waals surface area contributed by atoms with Crippen LogP contribution >= 0.6 is 0 Å². The lowest BCUT2D eigenvalue weighted by Gasteiger charge is -2.18. The van der Waals surface area contributed by atoms with Crippen LogP contribution in [0, 0.1) is 0 Å². The Balaban J connectivity index is 4.56. The lowest BCUT2D eigenvalue weighted by atomic mass is 10.1. The minimum Gasteiger partial charge on any atom is -0.462 e. The van der Waals surface area contributed by atoms with Crippen molar-refractivity contribution >= 4 is 17.9 Å². The third-order valence-corrected chi connectivity index (χ3v) is 10.6. The predicted molar refractivity (Wildman–Crippen MR) is 292 cm³/mol. The van der Waals surface area contributed by atoms with E-state index < -0.39 is 12.1 Å². The molecule has 0 fully saturated rings. The second-order valence-electron chi connectivity index (χ2n) is 17.0. The van der Waals surface area contributed by atoms with Crippen LogP contribution in [0.5, 0.6) is 0 Å². The number of carbonyl (C=O) groups excluding carboxylic acids is 3. The minimum absolute atomic E-state index is 0.0822. The second kappa shape index (κ2) is 54.9. The summed E-state index contributed by atoms with van der Waals surface area (Å²) in [5.41, 5.74) is 0. The molecule has 0 aromatic carbocycles. The molecule has 68 heavy (non-hydrogen) atoms. The van der Waals surface area contributed by atoms with Gasteiger partial charge in [0.25, 0.3) is 0 Å². The lowest BCUT2D eigenvalue weighted by molar-refractivity contribution is -0.166. The normalized spacial score (nSPS) is 13.3. The molecule has 0 N–H and O–H groups in total. The van der Waals surface area contributed by atoms with E-state index in [-0.39, 0.29) is 31.6 Å². The third-order valence-electron chi connectivity index (χ3n) is 10.6. The molecule has 0 saturated heterocycles. The van der Waals surface area contributed by atoms with Crippen molar-refractivity contribution in [3.8, 4) is 0 Å². The van der Waals surface area contributed by atoms with E-state index in [1.807, 2.05) is 6.08 Å². The number of allylic oxidation sites excluding steroid dienone is 23. The van der Waals surface area contributed by atoms with Crippen molar-refractivity contribution in [2.45, 2.75) is 213 Å². The number of carbonyl (C=O) groups is 3. The van der Waals surface area contributed by atoms with Crippen molar-refractivity contribution in [3.05, 3.63) is 146 Å². The van der Waals surface area contributed by atoms with Crippen molar-refractivity contribution in [3.63, 3.8) is 0 Å². The van der Waals surface area contributed by atoms with Crippen molar-refractivity contribution in [2.75, 3.05) is 13.2 Å². The summed E-state index contributed by atoms with van der Waals surface area (Å²) < 4.78 is 16.7. The Kier molecular flexibility index (Phi) is 51.1. The largest absolute Gasteiger partial charge is 0.462 e. The maximum atomic E-state index is 12.8. The second-order valence-corrected chi connectivity index (χ2v) is 17.0. The molecule has 0 aliphatic heterocycles. The predicted octanol–water partition coefficient (Wildman–Crippen LogP) is 18.0. The minimum atomic E-state index is -0.853. The summed E-state index contributed by atoms with van der Waals surface area (Å²) in [6.07, 6.45) is 78.5. The molecule has 0 spiro atoms. The highest BCUT2D eigenvalue weighted by molar-refractivity contribution is 5.72. The van der Waals surface area contributed by atoms with E-state index in [1.165, 1.54) is 19.3 Å². The monoisotopic (exact) mass is 937 g/mol. The Morgan fingerprint density at radius 3 is 0.971 bits per heavy atom. The van der Waals surface area contributed by atoms with Gasteiger partial charge >= 0.3 is 17.9 Å². The number of hydrogen-bond donors (Lipinski definition) is 0. The molecular formula is C62H96O6. The highest BCUT2D eigenvalue weighted by atomic mass is 16.6. The van der Waals surface area contributed by atoms with Crippen molar-refractivity contribution in [1.82, 2.24) is 0 Å². The van der Waals surface area contributed by atoms with Crippen LogP contribution in [-0.4, -0.2) is 37.2 Å². The molecule has 0 saturated carbocycles. The molecule has 0 aromatic heterocycles. The molecule has 380 valence electrons. The van der Waals surface area contributed by atoms with Gasteiger partial charge < -0.3 is 14.2 Å². The lowest BCUT2D eigenvalue weighted by Crippen LogP contribution is -2.30. The van der Waals surface area contributed by atoms with Gasteiger partial charge in [0.15, 0.2) is 6.10 Å². The summed E-state index contributed by atoms with van der Waals surface area (Å²) in [4.78, 5) is 38.0. The van der Waals surface area contributed by atoms with Gasteiger partial charge in [0.2, 0.25) is 0 Å². The molecule has 6 nitrogen and oxygen atoms in total. The third kappa shape index (κ3) is 52.3. The van der Waals surface area contributed by atoms with E-state index in [1.54, 1.807) is 6.08 Å². The average Bonchev–Trinajstić information content (AvgIpc) is 3.34. The van der Waals surface area contributed by atoms with E-state index in [4.69, 9.17) is 14.2 Å². The first-order valence-corrected chi connectivity index (χ1v) is 26.8. The number of ether oxygens (including phenoxy) is 3. The van der Waals surface area contributed by atoms with Crippen LogP contribution < -0.4 is 0 Å². The standard InChI is InChI=1S/C62H96O6/c1-4-7-10-13-16-19-22-25-28-29-30-31-32-33-35-37-40-43-46-49-52-55-61(64)67-58-59(57-66-60(63)54-51-48-45-42-39-36-27-24-21-18-15-12-9-6-3)68-62(65)56-53-50-47-44-41-38-34-26-23-20-17-14-11-8-5-2/h7-8,10-11,15-20,24-28,30-31,33-35,41,44,50,53,59H,4-6,9,12-14,21-23,29,32,36-40,42-43,45-49,51-52,54-58H2,1-3H3/b10-7-,11-8-,18-15-,19-16-,20-17-,27-24-,28-25-,31-30-,34-26-,35-33-,44-41-,53-50-. The van der Waals surface area contributed by atoms with E-state index in [2.05, 4.69) is 154 Å². The van der Waals surface area contributed by atoms with Gasteiger partial charge in [-0.15, -0.1) is 0 Å². The molecule has 1 atom stereocenters. The fourth-order valence-corrected chi connectivity index (χ4v) is 6.62. The van der Waals surface area contributed by atoms with Crippen molar-refractivity contribution in [1.29, 1.82) is 0 Å². The summed E-state index contributed by atoms with van der Waals surface area (Å²) in [5, 5.41) is 0. The Labute approximate surface area is 417 Å². The van der Waals surface area contributed by atoms with Gasteiger partial charge in [0.05, 0.1) is 6.42 Å². The summed E-state index contributed by atoms with van der Waals surface area (Å²) in [7, 11) is 0. The zero-order valence-corrected chi connectivity index (χ0v) is 43.3. The first-order chi connectivity index (χ1) is 33.5. The van der Waals surface area contributed by atoms with Gasteiger partial charge in [0.1, 0.15) is 13.2 Å². The van der Waals surface area contributed by atoms with Gasteiger partial charge in [-0.1, -0.05) is 218 Å². The van der Waals surface area contributed by atoms with E-state index in [0.29, 0.717) is 19.3 Å². The maximum Gasteiger partial charge on any atom is 0.310 e. The van der Waals surface area contributed by atoms with Crippen LogP contribution in [0.4, 0.5) is 0 Å². The van der Waals surface area contributed by atoms with Crippen LogP contribution in [0.1, 0.15) is 207 Å². The molecule has 1 unspecified atom stereocenters. The summed E-state index contributed by atoms with van der Waals surface area (Å²) in [5.74, 6) is -1.11. The summed E-state index contributed by atoms with van der Waals surface area (Å²) in [6.45, 7) is 6.23. The zero-order valence-electron chi connectivity index (χ0n) is 43.3. The molecule has 0 aliphatic carbocycles. The van der Waals surface area contributed by atoms with Crippen molar-refractivity contribution < 1.29 is 28.6 Å². The first-order valence-electron chi connectivity index (χ1n) is 26.8. The van der Waals surface area contributed by atoms with Gasteiger partial charge in [-0.3, -0.25) is 14.4 Å². The number of hydrogen-bond acceptors (Lipinski definition) is 6. The first kappa shape index (κ1) is 63.3. The Bertz CT molecular complexity index is 1540. The smallest absolute Gasteiger partial charge is 0.310 e. The molecule has 0 aliphatic rings. The SMILES string of the molecule is CC/C=C\C/C=C\C/C=C\C/C=C\C/C=C\CCCCCCCC(=O)OCC(COC(=O)CCCCCCC/C=C\C/C=C\CCCC)OC(=O)C/C=C\C/C=C\C/C=C\C/C=C\C/C=C\CC. The number of esters is 3. The Morgan fingerprint density at radius 1 is 0.324 bits per heavy atom. The molecule has 0 aromatic rings. The highest BCUT2D eigenvalue weighted by Crippen LogP contribution is 2.12. The van der Waals surface area contributed by atoms with Crippen LogP contribution in [-0.2, 0) is 28.6 Å². The molecular weight excluding hydrogens is 841 g/mol. The van der Waals surface area contributed by atoms with Crippen LogP contribution in [0.15, 0.2) is 146 Å². The van der Waals surface area contributed by atoms with Gasteiger partial charge in [0, 0.05) is 12.8 Å². The maximum absolute atomic E-state index is 12.8. The van der Waals surface area contributed by atoms with Gasteiger partial charge in [-0.2, -0.15) is 0 Å². The fraction of sp³-hybridized carbons (Fsp3) is 0.565. The van der Waals surface area contributed by atoms with E-state index in [9.17, 15) is 14.4 Å². The quantitative estimate of drug-likeness (QED) is 0.0262. The molecule has 0 rings (SSSR count). The van der Waals surface area contributed by atoms with Crippen LogP contribution in [0.2, 0.25) is 0 Å². The van der Waals surface area contributed by atoms with Gasteiger partial charge in [-0.25, -0.2) is 0 Å². The number of rotatable bonds is 46. The molecule has 6 heteroatoms. The molecule has 0 bridgehead atoms. The van der Waals surface area contributed by atoms with Gasteiger partial charge in [-0.05, 0) is 116 Å². The summed E-state index contributed by atoms with van der Waals surface area (Å²) >= 11 is 0. The van der Waals surface area contributed by atoms with Crippen LogP contribution in [0.3, 0.4) is 0 Å². The molecule has 0 amide bonds. The average molecular weight is 937 g/mol. The molecule has 0 radical (unpaired) electrons. The number of unbranched alkanes of at least 4 members (excludes halogenated alkanes) is 12. The topological polar surface area (TPSA) is 78.9 Å². The highest BCUT2D eigenvalue weighted by Gasteiger charge is 2.19. The van der Waals surface area contributed by atoms with Crippen LogP contribution in [0.25, 0.3) is 0 Å². The van der Waals surface area contributed by atoms with Crippen molar-refractivity contribution in [2.24, 2.45) is 0 Å². The zero-order chi connectivity index (χ0) is 49.3. The Hall–Kier alpha value is -4.71. The Morgan fingerprint density at radius 2 is 0.618 bits per heavy atom. The van der Waals surface area contributed by atoms with E-state index in [0.717, 1.165) is 141 Å². The van der Waals surface area contributed by atoms with E-state index >= 15 is 0 Å². The fourth-order valence-electron chi connectivity index (χ4n) is 6.62. The molecule has 0 heterocycles. The summed E-state index contributed by atoms with van der Waals surface area (Å²) in [6, 6.07) is 0.